The van der Waals surface area contributed by atoms with Crippen molar-refractivity contribution >= 4 is 0 Å². The number of nitrogens with one attached hydrogen (secondary N) is 1. The third-order valence-electron chi connectivity index (χ3n) is 6.16. The van der Waals surface area contributed by atoms with Crippen LogP contribution in [0, 0.1) is 0 Å². The molecule has 1 heterocycles. The number of benzene rings is 3. The Labute approximate surface area is 179 Å². The van der Waals surface area contributed by atoms with Crippen molar-refractivity contribution in [2.24, 2.45) is 0 Å². The summed E-state index contributed by atoms with van der Waals surface area (Å²) in [4.78, 5) is 4.78. The lowest BCUT2D eigenvalue weighted by Gasteiger charge is -2.31. The Bertz CT molecular complexity index is 852. The molecule has 4 nitrogen and oxygen atoms in total. The lowest BCUT2D eigenvalue weighted by molar-refractivity contribution is 0.0941. The van der Waals surface area contributed by atoms with E-state index >= 15 is 0 Å². The highest BCUT2D eigenvalue weighted by atomic mass is 16.3. The van der Waals surface area contributed by atoms with E-state index in [2.05, 4.69) is 114 Å². The van der Waals surface area contributed by atoms with Crippen molar-refractivity contribution < 1.29 is 5.11 Å². The van der Waals surface area contributed by atoms with E-state index in [1.54, 1.807) is 0 Å². The van der Waals surface area contributed by atoms with E-state index < -0.39 is 0 Å². The van der Waals surface area contributed by atoms with E-state index in [1.165, 1.54) is 16.7 Å². The van der Waals surface area contributed by atoms with Gasteiger partial charge in [-0.2, -0.15) is 0 Å². The third kappa shape index (κ3) is 4.32. The fourth-order valence-electron chi connectivity index (χ4n) is 4.69. The first-order valence-corrected chi connectivity index (χ1v) is 10.6. The van der Waals surface area contributed by atoms with Crippen LogP contribution in [0.2, 0.25) is 0 Å². The number of nitrogens with zero attached hydrogens (tertiary/aromatic N) is 2. The van der Waals surface area contributed by atoms with Crippen LogP contribution in [0.5, 0.6) is 0 Å². The summed E-state index contributed by atoms with van der Waals surface area (Å²) in [5.41, 5.74) is 3.83. The highest BCUT2D eigenvalue weighted by molar-refractivity contribution is 5.30. The van der Waals surface area contributed by atoms with Crippen LogP contribution in [0.1, 0.15) is 28.8 Å². The summed E-state index contributed by atoms with van der Waals surface area (Å²) in [5, 5.41) is 13.8. The highest BCUT2D eigenvalue weighted by Crippen LogP contribution is 2.44. The summed E-state index contributed by atoms with van der Waals surface area (Å²) in [6.45, 7) is 0.0963. The average molecular weight is 402 g/mol. The molecule has 4 heteroatoms. The van der Waals surface area contributed by atoms with Crippen LogP contribution in [-0.4, -0.2) is 47.9 Å². The lowest BCUT2D eigenvalue weighted by Crippen LogP contribution is -2.53. The fraction of sp³-hybridized carbons (Fsp3) is 0.308. The quantitative estimate of drug-likeness (QED) is 0.631. The molecule has 4 rings (SSSR count). The van der Waals surface area contributed by atoms with E-state index in [0.29, 0.717) is 0 Å². The van der Waals surface area contributed by atoms with Gasteiger partial charge in [0.25, 0.3) is 0 Å². The van der Waals surface area contributed by atoms with Crippen LogP contribution in [0.3, 0.4) is 0 Å². The van der Waals surface area contributed by atoms with E-state index in [4.69, 9.17) is 0 Å². The molecule has 0 aliphatic carbocycles. The Morgan fingerprint density at radius 2 is 1.17 bits per heavy atom. The Morgan fingerprint density at radius 1 is 0.733 bits per heavy atom. The molecule has 2 N–H and O–H groups in total. The molecule has 3 aromatic carbocycles. The normalized spacial score (nSPS) is 23.5. The van der Waals surface area contributed by atoms with E-state index in [-0.39, 0.29) is 31.0 Å². The molecule has 1 saturated heterocycles. The molecule has 0 radical (unpaired) electrons. The average Bonchev–Trinajstić information content (AvgIpc) is 3.05. The van der Waals surface area contributed by atoms with Gasteiger partial charge in [-0.3, -0.25) is 15.1 Å². The summed E-state index contributed by atoms with van der Waals surface area (Å²) >= 11 is 0. The molecule has 3 unspecified atom stereocenters. The molecule has 1 fully saturated rings. The monoisotopic (exact) mass is 401 g/mol. The Balaban J connectivity index is 1.62. The topological polar surface area (TPSA) is 38.7 Å². The van der Waals surface area contributed by atoms with Crippen LogP contribution >= 0.6 is 0 Å². The maximum Gasteiger partial charge on any atom is 0.118 e. The summed E-state index contributed by atoms with van der Waals surface area (Å²) in [6, 6.07) is 32.2. The Morgan fingerprint density at radius 3 is 1.60 bits per heavy atom. The lowest BCUT2D eigenvalue weighted by atomic mass is 9.93. The molecule has 0 spiro atoms. The van der Waals surface area contributed by atoms with Crippen LogP contribution in [-0.2, 0) is 6.42 Å². The van der Waals surface area contributed by atoms with Crippen LogP contribution < -0.4 is 5.32 Å². The van der Waals surface area contributed by atoms with Crippen LogP contribution in [0.15, 0.2) is 91.0 Å². The van der Waals surface area contributed by atoms with Gasteiger partial charge in [-0.05, 0) is 37.2 Å². The summed E-state index contributed by atoms with van der Waals surface area (Å²) in [5.74, 6) is 0. The molecular weight excluding hydrogens is 370 g/mol. The van der Waals surface area contributed by atoms with Gasteiger partial charge in [0, 0.05) is 6.04 Å². The van der Waals surface area contributed by atoms with Gasteiger partial charge in [-0.1, -0.05) is 91.0 Å². The van der Waals surface area contributed by atoms with Crippen molar-refractivity contribution in [3.05, 3.63) is 108 Å². The van der Waals surface area contributed by atoms with E-state index in [0.717, 1.165) is 6.42 Å². The summed E-state index contributed by atoms with van der Waals surface area (Å²) in [6.07, 6.45) is 0.808. The van der Waals surface area contributed by atoms with Gasteiger partial charge in [0.15, 0.2) is 0 Å². The molecule has 0 amide bonds. The minimum atomic E-state index is -0.0201. The zero-order valence-electron chi connectivity index (χ0n) is 17.7. The standard InChI is InChI=1S/C26H31N3O/c1-28-24(21-14-8-4-9-15-21)25(22-16-10-5-11-17-22)29(2)26(28)27-23(19-30)18-20-12-6-3-7-13-20/h3-17,23-27,30H,18-19H2,1-2H3. The second kappa shape index (κ2) is 9.54. The Hall–Kier alpha value is -2.50. The second-order valence-corrected chi connectivity index (χ2v) is 8.15. The summed E-state index contributed by atoms with van der Waals surface area (Å²) < 4.78 is 0. The van der Waals surface area contributed by atoms with Gasteiger partial charge in [0.2, 0.25) is 0 Å². The van der Waals surface area contributed by atoms with Crippen molar-refractivity contribution in [2.45, 2.75) is 30.8 Å². The predicted octanol–water partition coefficient (Wildman–Crippen LogP) is 3.82. The SMILES string of the molecule is CN1C(c2ccccc2)C(c2ccccc2)N(C)C1NC(CO)Cc1ccccc1. The van der Waals surface area contributed by atoms with E-state index in [1.807, 2.05) is 6.07 Å². The highest BCUT2D eigenvalue weighted by Gasteiger charge is 2.45. The first kappa shape index (κ1) is 20.8. The van der Waals surface area contributed by atoms with Gasteiger partial charge in [-0.25, -0.2) is 0 Å². The molecule has 3 atom stereocenters. The van der Waals surface area contributed by atoms with Crippen molar-refractivity contribution in [1.82, 2.24) is 15.1 Å². The fourth-order valence-corrected chi connectivity index (χ4v) is 4.69. The minimum absolute atomic E-state index is 0.0151. The van der Waals surface area contributed by atoms with Crippen molar-refractivity contribution in [3.8, 4) is 0 Å². The van der Waals surface area contributed by atoms with Gasteiger partial charge in [-0.15, -0.1) is 0 Å². The molecule has 0 aromatic heterocycles. The maximum atomic E-state index is 10.1. The third-order valence-corrected chi connectivity index (χ3v) is 6.16. The molecule has 0 saturated carbocycles. The van der Waals surface area contributed by atoms with Gasteiger partial charge >= 0.3 is 0 Å². The first-order chi connectivity index (χ1) is 14.7. The number of aliphatic hydroxyl groups is 1. The van der Waals surface area contributed by atoms with Crippen molar-refractivity contribution in [3.63, 3.8) is 0 Å². The van der Waals surface area contributed by atoms with E-state index in [9.17, 15) is 5.11 Å². The zero-order valence-corrected chi connectivity index (χ0v) is 17.7. The molecule has 156 valence electrons. The molecule has 30 heavy (non-hydrogen) atoms. The smallest absolute Gasteiger partial charge is 0.118 e. The van der Waals surface area contributed by atoms with Crippen molar-refractivity contribution in [2.75, 3.05) is 20.7 Å². The maximum absolute atomic E-state index is 10.1. The number of hydrogen-bond donors (Lipinski definition) is 2. The van der Waals surface area contributed by atoms with Gasteiger partial charge in [0.05, 0.1) is 18.7 Å². The van der Waals surface area contributed by atoms with Gasteiger partial charge in [0.1, 0.15) is 6.29 Å². The largest absolute Gasteiger partial charge is 0.395 e. The van der Waals surface area contributed by atoms with Gasteiger partial charge < -0.3 is 5.11 Å². The minimum Gasteiger partial charge on any atom is -0.395 e. The molecular formula is C26H31N3O. The van der Waals surface area contributed by atoms with Crippen LogP contribution in [0.4, 0.5) is 0 Å². The molecule has 1 aliphatic heterocycles. The number of likely N-dealkylation sites (N-methyl/N-ethyl adjacent to an activating group) is 2. The second-order valence-electron chi connectivity index (χ2n) is 8.15. The first-order valence-electron chi connectivity index (χ1n) is 10.6. The number of hydrogen-bond acceptors (Lipinski definition) is 4. The van der Waals surface area contributed by atoms with Crippen molar-refractivity contribution in [1.29, 1.82) is 0 Å². The predicted molar refractivity (Wildman–Crippen MR) is 122 cm³/mol. The Kier molecular flexibility index (Phi) is 6.60. The number of aliphatic hydroxyl groups excluding tert-OH is 1. The summed E-state index contributed by atoms with van der Waals surface area (Å²) in [7, 11) is 4.34. The molecule has 0 bridgehead atoms. The number of rotatable bonds is 7. The molecule has 3 aromatic rings. The zero-order chi connectivity index (χ0) is 20.9. The van der Waals surface area contributed by atoms with Crippen LogP contribution in [0.25, 0.3) is 0 Å². The molecule has 1 aliphatic rings.